The molecule has 2 atom stereocenters. The highest BCUT2D eigenvalue weighted by Gasteiger charge is 2.59. The average molecular weight is 525 g/mol. The molecule has 1 fully saturated rings. The highest BCUT2D eigenvalue weighted by atomic mass is 19.3. The lowest BCUT2D eigenvalue weighted by Crippen LogP contribution is -2.53. The molecule has 3 aromatic rings. The molecule has 0 radical (unpaired) electrons. The van der Waals surface area contributed by atoms with Crippen LogP contribution in [0.4, 0.5) is 13.6 Å². The standard InChI is InChI=1S/C28H30F2N4O4/c1-4-10-32(3)11-12-33-25(36)28(2)16-21-20-15-19(38-26(29)30)8-9-22(20)31-24(21)23(34(28)27(33)37)14-17-6-5-7-18(35)13-17/h4-9,13,15,23,26,31,35H,1,10-12,14,16H2,2-3H3/t23?,28-/m0/s1. The lowest BCUT2D eigenvalue weighted by molar-refractivity contribution is -0.133. The van der Waals surface area contributed by atoms with Gasteiger partial charge in [0.25, 0.3) is 5.91 Å². The van der Waals surface area contributed by atoms with Crippen LogP contribution in [0, 0.1) is 0 Å². The van der Waals surface area contributed by atoms with Gasteiger partial charge in [-0.25, -0.2) is 4.79 Å². The van der Waals surface area contributed by atoms with Gasteiger partial charge in [0.15, 0.2) is 0 Å². The Bertz CT molecular complexity index is 1410. The third kappa shape index (κ3) is 4.38. The fraction of sp³-hybridized carbons (Fsp3) is 0.357. The van der Waals surface area contributed by atoms with Gasteiger partial charge in [0.1, 0.15) is 17.0 Å². The van der Waals surface area contributed by atoms with E-state index in [1.165, 1.54) is 11.0 Å². The lowest BCUT2D eigenvalue weighted by Gasteiger charge is -2.42. The number of likely N-dealkylation sites (N-methyl/N-ethyl adjacent to an activating group) is 1. The molecule has 0 spiro atoms. The summed E-state index contributed by atoms with van der Waals surface area (Å²) >= 11 is 0. The molecule has 0 aliphatic carbocycles. The summed E-state index contributed by atoms with van der Waals surface area (Å²) in [6.07, 6.45) is 2.32. The van der Waals surface area contributed by atoms with Gasteiger partial charge < -0.3 is 24.6 Å². The maximum absolute atomic E-state index is 13.8. The molecule has 1 saturated heterocycles. The van der Waals surface area contributed by atoms with Gasteiger partial charge in [0.2, 0.25) is 0 Å². The molecule has 0 bridgehead atoms. The summed E-state index contributed by atoms with van der Waals surface area (Å²) in [6, 6.07) is 10.5. The molecule has 2 aliphatic heterocycles. The first-order chi connectivity index (χ1) is 18.1. The fourth-order valence-electron chi connectivity index (χ4n) is 5.71. The Labute approximate surface area is 219 Å². The highest BCUT2D eigenvalue weighted by Crippen LogP contribution is 2.47. The number of phenolic OH excluding ortho intramolecular Hbond substituents is 1. The Morgan fingerprint density at radius 3 is 2.79 bits per heavy atom. The van der Waals surface area contributed by atoms with Crippen molar-refractivity contribution >= 4 is 22.8 Å². The largest absolute Gasteiger partial charge is 0.508 e. The second-order valence-corrected chi connectivity index (χ2v) is 10.1. The van der Waals surface area contributed by atoms with E-state index >= 15 is 0 Å². The first-order valence-electron chi connectivity index (χ1n) is 12.4. The second kappa shape index (κ2) is 9.75. The van der Waals surface area contributed by atoms with Crippen molar-refractivity contribution in [2.45, 2.75) is 38.0 Å². The summed E-state index contributed by atoms with van der Waals surface area (Å²) in [5, 5.41) is 10.7. The van der Waals surface area contributed by atoms with Crippen molar-refractivity contribution in [3.05, 3.63) is 71.9 Å². The maximum Gasteiger partial charge on any atom is 0.387 e. The van der Waals surface area contributed by atoms with Gasteiger partial charge in [-0.2, -0.15) is 8.78 Å². The van der Waals surface area contributed by atoms with Crippen LogP contribution in [-0.2, 0) is 17.6 Å². The quantitative estimate of drug-likeness (QED) is 0.319. The highest BCUT2D eigenvalue weighted by molar-refractivity contribution is 6.08. The number of aromatic amines is 1. The Hall–Kier alpha value is -3.92. The van der Waals surface area contributed by atoms with Gasteiger partial charge in [-0.15, -0.1) is 6.58 Å². The van der Waals surface area contributed by atoms with Gasteiger partial charge in [0, 0.05) is 42.7 Å². The number of urea groups is 1. The molecule has 0 saturated carbocycles. The van der Waals surface area contributed by atoms with E-state index in [-0.39, 0.29) is 36.4 Å². The number of halogens is 2. The molecule has 5 rings (SSSR count). The number of nitrogens with one attached hydrogen (secondary N) is 1. The first kappa shape index (κ1) is 25.7. The van der Waals surface area contributed by atoms with Gasteiger partial charge >= 0.3 is 12.6 Å². The number of amides is 3. The first-order valence-corrected chi connectivity index (χ1v) is 12.4. The van der Waals surface area contributed by atoms with E-state index in [2.05, 4.69) is 16.3 Å². The van der Waals surface area contributed by atoms with Crippen LogP contribution in [0.25, 0.3) is 10.9 Å². The maximum atomic E-state index is 13.8. The molecular formula is C28H30F2N4O4. The predicted molar refractivity (Wildman–Crippen MR) is 138 cm³/mol. The van der Waals surface area contributed by atoms with E-state index in [1.807, 2.05) is 18.0 Å². The fourth-order valence-corrected chi connectivity index (χ4v) is 5.71. The summed E-state index contributed by atoms with van der Waals surface area (Å²) < 4.78 is 30.5. The monoisotopic (exact) mass is 524 g/mol. The Morgan fingerprint density at radius 1 is 1.29 bits per heavy atom. The molecule has 3 heterocycles. The van der Waals surface area contributed by atoms with E-state index < -0.39 is 18.2 Å². The minimum atomic E-state index is -2.96. The van der Waals surface area contributed by atoms with E-state index in [0.29, 0.717) is 30.4 Å². The third-order valence-corrected chi connectivity index (χ3v) is 7.46. The van der Waals surface area contributed by atoms with E-state index in [1.54, 1.807) is 48.2 Å². The SMILES string of the molecule is C=CCN(C)CCN1C(=O)N2C(Cc3cccc(O)c3)c3[nH]c4ccc(OC(F)F)cc4c3C[C@@]2(C)C1=O. The van der Waals surface area contributed by atoms with E-state index in [9.17, 15) is 23.5 Å². The molecular weight excluding hydrogens is 494 g/mol. The molecule has 10 heteroatoms. The second-order valence-electron chi connectivity index (χ2n) is 10.1. The molecule has 1 aromatic heterocycles. The summed E-state index contributed by atoms with van der Waals surface area (Å²) in [4.78, 5) is 35.9. The molecule has 200 valence electrons. The van der Waals surface area contributed by atoms with Crippen molar-refractivity contribution in [1.82, 2.24) is 19.7 Å². The number of hydrogen-bond donors (Lipinski definition) is 2. The Morgan fingerprint density at radius 2 is 2.08 bits per heavy atom. The summed E-state index contributed by atoms with van der Waals surface area (Å²) in [5.41, 5.74) is 1.84. The number of benzene rings is 2. The zero-order valence-electron chi connectivity index (χ0n) is 21.3. The van der Waals surface area contributed by atoms with Crippen LogP contribution in [0.1, 0.15) is 29.8 Å². The van der Waals surface area contributed by atoms with Gasteiger partial charge in [-0.05, 0) is 61.9 Å². The van der Waals surface area contributed by atoms with Crippen molar-refractivity contribution in [3.8, 4) is 11.5 Å². The molecule has 3 amide bonds. The zero-order valence-corrected chi connectivity index (χ0v) is 21.3. The summed E-state index contributed by atoms with van der Waals surface area (Å²) in [7, 11) is 1.89. The van der Waals surface area contributed by atoms with Crippen LogP contribution in [0.15, 0.2) is 55.1 Å². The number of alkyl halides is 2. The third-order valence-electron chi connectivity index (χ3n) is 7.46. The average Bonchev–Trinajstić information content (AvgIpc) is 3.29. The smallest absolute Gasteiger partial charge is 0.387 e. The van der Waals surface area contributed by atoms with Crippen molar-refractivity contribution in [3.63, 3.8) is 0 Å². The Kier molecular flexibility index (Phi) is 6.60. The number of H-pyrrole nitrogens is 1. The number of carbonyl (C=O) groups excluding carboxylic acids is 2. The van der Waals surface area contributed by atoms with Crippen LogP contribution in [0.3, 0.4) is 0 Å². The van der Waals surface area contributed by atoms with Crippen molar-refractivity contribution in [1.29, 1.82) is 0 Å². The number of rotatable bonds is 9. The molecule has 2 N–H and O–H groups in total. The molecule has 2 aromatic carbocycles. The molecule has 8 nitrogen and oxygen atoms in total. The Balaban J connectivity index is 1.59. The van der Waals surface area contributed by atoms with Crippen LogP contribution in [0.2, 0.25) is 0 Å². The van der Waals surface area contributed by atoms with Gasteiger partial charge in [0.05, 0.1) is 6.04 Å². The molecule has 2 aliphatic rings. The minimum Gasteiger partial charge on any atom is -0.508 e. The summed E-state index contributed by atoms with van der Waals surface area (Å²) in [6.45, 7) is 3.88. The van der Waals surface area contributed by atoms with Crippen molar-refractivity contribution in [2.24, 2.45) is 0 Å². The minimum absolute atomic E-state index is 0.0205. The van der Waals surface area contributed by atoms with E-state index in [4.69, 9.17) is 0 Å². The number of hydrogen-bond acceptors (Lipinski definition) is 5. The number of carbonyl (C=O) groups is 2. The van der Waals surface area contributed by atoms with Gasteiger partial charge in [-0.1, -0.05) is 18.2 Å². The number of aromatic hydroxyl groups is 1. The van der Waals surface area contributed by atoms with Crippen molar-refractivity contribution < 1.29 is 28.2 Å². The predicted octanol–water partition coefficient (Wildman–Crippen LogP) is 4.46. The number of phenols is 1. The summed E-state index contributed by atoms with van der Waals surface area (Å²) in [5.74, 6) is -0.176. The van der Waals surface area contributed by atoms with E-state index in [0.717, 1.165) is 16.8 Å². The zero-order chi connectivity index (χ0) is 27.2. The number of ether oxygens (including phenoxy) is 1. The topological polar surface area (TPSA) is 89.1 Å². The lowest BCUT2D eigenvalue weighted by atomic mass is 9.81. The number of nitrogens with zero attached hydrogens (tertiary/aromatic N) is 3. The van der Waals surface area contributed by atoms with Crippen molar-refractivity contribution in [2.75, 3.05) is 26.7 Å². The molecule has 38 heavy (non-hydrogen) atoms. The normalized spacial score (nSPS) is 20.9. The molecule has 1 unspecified atom stereocenters. The van der Waals surface area contributed by atoms with Crippen LogP contribution >= 0.6 is 0 Å². The number of imide groups is 1. The van der Waals surface area contributed by atoms with Crippen LogP contribution in [0.5, 0.6) is 11.5 Å². The van der Waals surface area contributed by atoms with Gasteiger partial charge in [-0.3, -0.25) is 9.69 Å². The van der Waals surface area contributed by atoms with Crippen LogP contribution < -0.4 is 4.74 Å². The number of fused-ring (bicyclic) bond motifs is 4. The number of aromatic nitrogens is 1. The van der Waals surface area contributed by atoms with Crippen LogP contribution in [-0.4, -0.2) is 75.6 Å².